The maximum absolute atomic E-state index is 9.36. The maximum atomic E-state index is 9.36. The van der Waals surface area contributed by atoms with Crippen LogP contribution < -0.4 is 5.32 Å². The average Bonchev–Trinajstić information content (AvgIpc) is 2.36. The number of aliphatic hydroxyl groups excluding tert-OH is 1. The molecule has 0 aliphatic rings. The number of hydrogen-bond acceptors (Lipinski definition) is 3. The molecule has 2 atom stereocenters. The zero-order chi connectivity index (χ0) is 12.5. The molecule has 0 saturated heterocycles. The van der Waals surface area contributed by atoms with Crippen molar-refractivity contribution in [2.45, 2.75) is 32.4 Å². The minimum Gasteiger partial charge on any atom is -0.395 e. The molecule has 1 aromatic carbocycles. The minimum atomic E-state index is 0.0906. The Balaban J connectivity index is 2.38. The van der Waals surface area contributed by atoms with E-state index in [-0.39, 0.29) is 18.7 Å². The molecule has 0 fully saturated rings. The second-order valence-corrected chi connectivity index (χ2v) is 4.30. The van der Waals surface area contributed by atoms with Crippen molar-refractivity contribution in [3.8, 4) is 0 Å². The normalized spacial score (nSPS) is 14.5. The van der Waals surface area contributed by atoms with Gasteiger partial charge in [-0.2, -0.15) is 0 Å². The number of ether oxygens (including phenoxy) is 1. The summed E-state index contributed by atoms with van der Waals surface area (Å²) in [6.45, 7) is 5.62. The quantitative estimate of drug-likeness (QED) is 0.721. The van der Waals surface area contributed by atoms with E-state index in [1.54, 1.807) is 0 Å². The predicted octanol–water partition coefficient (Wildman–Crippen LogP) is 1.60. The molecule has 2 unspecified atom stereocenters. The highest BCUT2D eigenvalue weighted by atomic mass is 16.5. The highest BCUT2D eigenvalue weighted by Gasteiger charge is 2.11. The standard InChI is InChI=1S/C14H23NO2/c1-3-17-11-12(2)15-14(10-16)9-13-7-5-4-6-8-13/h4-8,12,14-16H,3,9-11H2,1-2H3. The van der Waals surface area contributed by atoms with Crippen LogP contribution in [0.3, 0.4) is 0 Å². The molecule has 0 aromatic heterocycles. The van der Waals surface area contributed by atoms with E-state index >= 15 is 0 Å². The number of aliphatic hydroxyl groups is 1. The molecule has 0 saturated carbocycles. The van der Waals surface area contributed by atoms with Crippen molar-refractivity contribution in [1.82, 2.24) is 5.32 Å². The van der Waals surface area contributed by atoms with Gasteiger partial charge in [-0.15, -0.1) is 0 Å². The molecule has 1 aromatic rings. The summed E-state index contributed by atoms with van der Waals surface area (Å²) in [5, 5.41) is 12.7. The lowest BCUT2D eigenvalue weighted by Gasteiger charge is -2.21. The van der Waals surface area contributed by atoms with Crippen LogP contribution in [-0.2, 0) is 11.2 Å². The molecule has 17 heavy (non-hydrogen) atoms. The largest absolute Gasteiger partial charge is 0.395 e. The number of rotatable bonds is 8. The Bertz CT molecular complexity index is 290. The van der Waals surface area contributed by atoms with Crippen molar-refractivity contribution in [2.75, 3.05) is 19.8 Å². The van der Waals surface area contributed by atoms with Gasteiger partial charge in [-0.3, -0.25) is 0 Å². The summed E-state index contributed by atoms with van der Waals surface area (Å²) in [7, 11) is 0. The Hall–Kier alpha value is -0.900. The lowest BCUT2D eigenvalue weighted by atomic mass is 10.1. The summed E-state index contributed by atoms with van der Waals surface area (Å²) < 4.78 is 5.35. The third kappa shape index (κ3) is 5.82. The van der Waals surface area contributed by atoms with Crippen LogP contribution in [0, 0.1) is 0 Å². The van der Waals surface area contributed by atoms with E-state index in [0.717, 1.165) is 13.0 Å². The van der Waals surface area contributed by atoms with Gasteiger partial charge in [0.25, 0.3) is 0 Å². The Kier molecular flexibility index (Phi) is 6.86. The molecule has 2 N–H and O–H groups in total. The molecule has 0 heterocycles. The van der Waals surface area contributed by atoms with Crippen LogP contribution in [-0.4, -0.2) is 37.0 Å². The van der Waals surface area contributed by atoms with Crippen LogP contribution in [0.5, 0.6) is 0 Å². The fourth-order valence-corrected chi connectivity index (χ4v) is 1.82. The maximum Gasteiger partial charge on any atom is 0.0616 e. The zero-order valence-electron chi connectivity index (χ0n) is 10.7. The highest BCUT2D eigenvalue weighted by Crippen LogP contribution is 2.03. The zero-order valence-corrected chi connectivity index (χ0v) is 10.7. The van der Waals surface area contributed by atoms with Gasteiger partial charge < -0.3 is 15.2 Å². The summed E-state index contributed by atoms with van der Waals surface area (Å²) >= 11 is 0. The van der Waals surface area contributed by atoms with E-state index in [9.17, 15) is 5.11 Å². The second-order valence-electron chi connectivity index (χ2n) is 4.30. The van der Waals surface area contributed by atoms with E-state index in [0.29, 0.717) is 6.61 Å². The van der Waals surface area contributed by atoms with Crippen molar-refractivity contribution in [1.29, 1.82) is 0 Å². The van der Waals surface area contributed by atoms with E-state index in [1.807, 2.05) is 25.1 Å². The number of nitrogens with one attached hydrogen (secondary N) is 1. The van der Waals surface area contributed by atoms with Crippen molar-refractivity contribution in [2.24, 2.45) is 0 Å². The molecule has 0 spiro atoms. The summed E-state index contributed by atoms with van der Waals surface area (Å²) in [5.41, 5.74) is 1.24. The summed E-state index contributed by atoms with van der Waals surface area (Å²) in [6.07, 6.45) is 0.841. The topological polar surface area (TPSA) is 41.5 Å². The van der Waals surface area contributed by atoms with Crippen LogP contribution in [0.25, 0.3) is 0 Å². The van der Waals surface area contributed by atoms with E-state index in [1.165, 1.54) is 5.56 Å². The minimum absolute atomic E-state index is 0.0906. The molecule has 1 rings (SSSR count). The third-order valence-electron chi connectivity index (χ3n) is 2.64. The molecular weight excluding hydrogens is 214 g/mol. The van der Waals surface area contributed by atoms with Crippen LogP contribution in [0.15, 0.2) is 30.3 Å². The van der Waals surface area contributed by atoms with Crippen LogP contribution in [0.4, 0.5) is 0 Å². The van der Waals surface area contributed by atoms with Crippen LogP contribution in [0.1, 0.15) is 19.4 Å². The first-order valence-electron chi connectivity index (χ1n) is 6.24. The van der Waals surface area contributed by atoms with Gasteiger partial charge in [-0.1, -0.05) is 30.3 Å². The van der Waals surface area contributed by atoms with Gasteiger partial charge in [0.15, 0.2) is 0 Å². The second kappa shape index (κ2) is 8.23. The Morgan fingerprint density at radius 2 is 2.00 bits per heavy atom. The Morgan fingerprint density at radius 1 is 1.29 bits per heavy atom. The summed E-state index contributed by atoms with van der Waals surface area (Å²) in [6, 6.07) is 10.6. The lowest BCUT2D eigenvalue weighted by molar-refractivity contribution is 0.117. The van der Waals surface area contributed by atoms with Gasteiger partial charge in [0.2, 0.25) is 0 Å². The number of benzene rings is 1. The first-order valence-corrected chi connectivity index (χ1v) is 6.24. The molecular formula is C14H23NO2. The molecule has 3 heteroatoms. The monoisotopic (exact) mass is 237 g/mol. The number of hydrogen-bond donors (Lipinski definition) is 2. The fraction of sp³-hybridized carbons (Fsp3) is 0.571. The van der Waals surface area contributed by atoms with Gasteiger partial charge in [-0.05, 0) is 25.8 Å². The Labute approximate surface area is 104 Å². The molecule has 0 aliphatic carbocycles. The van der Waals surface area contributed by atoms with Crippen molar-refractivity contribution >= 4 is 0 Å². The Morgan fingerprint density at radius 3 is 2.59 bits per heavy atom. The van der Waals surface area contributed by atoms with Gasteiger partial charge in [-0.25, -0.2) is 0 Å². The van der Waals surface area contributed by atoms with Gasteiger partial charge in [0.1, 0.15) is 0 Å². The first kappa shape index (κ1) is 14.2. The van der Waals surface area contributed by atoms with E-state index in [4.69, 9.17) is 4.74 Å². The molecule has 0 radical (unpaired) electrons. The van der Waals surface area contributed by atoms with Gasteiger partial charge in [0.05, 0.1) is 13.2 Å². The predicted molar refractivity (Wildman–Crippen MR) is 70.1 cm³/mol. The van der Waals surface area contributed by atoms with Gasteiger partial charge >= 0.3 is 0 Å². The molecule has 0 bridgehead atoms. The molecule has 3 nitrogen and oxygen atoms in total. The van der Waals surface area contributed by atoms with Crippen LogP contribution in [0.2, 0.25) is 0 Å². The van der Waals surface area contributed by atoms with Gasteiger partial charge in [0, 0.05) is 18.7 Å². The van der Waals surface area contributed by atoms with Crippen molar-refractivity contribution < 1.29 is 9.84 Å². The first-order chi connectivity index (χ1) is 8.26. The highest BCUT2D eigenvalue weighted by molar-refractivity contribution is 5.15. The lowest BCUT2D eigenvalue weighted by Crippen LogP contribution is -2.42. The molecule has 0 amide bonds. The molecule has 96 valence electrons. The fourth-order valence-electron chi connectivity index (χ4n) is 1.82. The molecule has 0 aliphatic heterocycles. The summed E-state index contributed by atoms with van der Waals surface area (Å²) in [4.78, 5) is 0. The third-order valence-corrected chi connectivity index (χ3v) is 2.64. The summed E-state index contributed by atoms with van der Waals surface area (Å²) in [5.74, 6) is 0. The van der Waals surface area contributed by atoms with Crippen LogP contribution >= 0.6 is 0 Å². The van der Waals surface area contributed by atoms with Crippen molar-refractivity contribution in [3.63, 3.8) is 0 Å². The SMILES string of the molecule is CCOCC(C)NC(CO)Cc1ccccc1. The van der Waals surface area contributed by atoms with E-state index in [2.05, 4.69) is 24.4 Å². The van der Waals surface area contributed by atoms with Crippen molar-refractivity contribution in [3.05, 3.63) is 35.9 Å². The average molecular weight is 237 g/mol. The smallest absolute Gasteiger partial charge is 0.0616 e. The van der Waals surface area contributed by atoms with E-state index < -0.39 is 0 Å².